The normalized spacial score (nSPS) is 16.7. The number of anilines is 1. The number of nitrogens with one attached hydrogen (secondary N) is 1. The van der Waals surface area contributed by atoms with E-state index in [0.717, 1.165) is 12.1 Å². The number of nitro benzene ring substituents is 1. The third-order valence-corrected chi connectivity index (χ3v) is 3.10. The van der Waals surface area contributed by atoms with Gasteiger partial charge in [-0.1, -0.05) is 6.07 Å². The fourth-order valence-corrected chi connectivity index (χ4v) is 2.08. The minimum atomic E-state index is -0.480. The number of amides is 1. The maximum absolute atomic E-state index is 11.2. The van der Waals surface area contributed by atoms with Crippen LogP contribution in [0.4, 0.5) is 11.4 Å². The minimum Gasteiger partial charge on any atom is -0.393 e. The number of carbonyl (C=O) groups is 1. The van der Waals surface area contributed by atoms with Crippen LogP contribution in [0.15, 0.2) is 18.2 Å². The average Bonchev–Trinajstić information content (AvgIpc) is 2.56. The molecule has 1 fully saturated rings. The van der Waals surface area contributed by atoms with Gasteiger partial charge in [-0.2, -0.15) is 0 Å². The summed E-state index contributed by atoms with van der Waals surface area (Å²) in [5.41, 5.74) is 6.49. The zero-order chi connectivity index (χ0) is 13.8. The first kappa shape index (κ1) is 13.3. The van der Waals surface area contributed by atoms with Gasteiger partial charge in [-0.15, -0.1) is 0 Å². The highest BCUT2D eigenvalue weighted by atomic mass is 16.6. The van der Waals surface area contributed by atoms with Gasteiger partial charge in [0, 0.05) is 38.7 Å². The van der Waals surface area contributed by atoms with E-state index in [9.17, 15) is 14.9 Å². The zero-order valence-corrected chi connectivity index (χ0v) is 10.5. The Kier molecular flexibility index (Phi) is 3.96. The van der Waals surface area contributed by atoms with Crippen molar-refractivity contribution in [2.75, 3.05) is 25.4 Å². The first-order valence-electron chi connectivity index (χ1n) is 6.08. The van der Waals surface area contributed by atoms with E-state index in [1.165, 1.54) is 6.07 Å². The van der Waals surface area contributed by atoms with Crippen LogP contribution in [0.3, 0.4) is 0 Å². The summed E-state index contributed by atoms with van der Waals surface area (Å²) in [4.78, 5) is 23.7. The van der Waals surface area contributed by atoms with E-state index in [2.05, 4.69) is 10.2 Å². The predicted molar refractivity (Wildman–Crippen MR) is 70.4 cm³/mol. The molecule has 0 spiro atoms. The van der Waals surface area contributed by atoms with Crippen molar-refractivity contribution in [1.82, 2.24) is 10.2 Å². The molecule has 2 rings (SSSR count). The van der Waals surface area contributed by atoms with Crippen LogP contribution in [0.2, 0.25) is 0 Å². The smallest absolute Gasteiger partial charge is 0.292 e. The second-order valence-corrected chi connectivity index (χ2v) is 4.53. The van der Waals surface area contributed by atoms with Crippen LogP contribution in [-0.2, 0) is 11.3 Å². The molecular weight excluding hydrogens is 248 g/mol. The van der Waals surface area contributed by atoms with E-state index in [-0.39, 0.29) is 17.3 Å². The van der Waals surface area contributed by atoms with Crippen molar-refractivity contribution in [2.24, 2.45) is 0 Å². The lowest BCUT2D eigenvalue weighted by Gasteiger charge is -2.18. The Morgan fingerprint density at radius 3 is 2.95 bits per heavy atom. The molecule has 0 unspecified atom stereocenters. The summed E-state index contributed by atoms with van der Waals surface area (Å²) in [5.74, 6) is 0.0470. The van der Waals surface area contributed by atoms with Gasteiger partial charge >= 0.3 is 0 Å². The predicted octanol–water partition coefficient (Wildman–Crippen LogP) is 0.499. The number of benzene rings is 1. The van der Waals surface area contributed by atoms with E-state index in [1.807, 2.05) is 0 Å². The Balaban J connectivity index is 2.08. The van der Waals surface area contributed by atoms with Crippen molar-refractivity contribution < 1.29 is 9.72 Å². The van der Waals surface area contributed by atoms with E-state index in [0.29, 0.717) is 26.1 Å². The van der Waals surface area contributed by atoms with E-state index in [1.54, 1.807) is 12.1 Å². The standard InChI is InChI=1S/C12H16N4O3/c13-10-2-1-9(7-11(10)16(18)19)8-15-5-3-12(17)14-4-6-15/h1-2,7H,3-6,8,13H2,(H,14,17). The monoisotopic (exact) mass is 264 g/mol. The fraction of sp³-hybridized carbons (Fsp3) is 0.417. The fourth-order valence-electron chi connectivity index (χ4n) is 2.08. The molecule has 0 radical (unpaired) electrons. The molecule has 19 heavy (non-hydrogen) atoms. The molecule has 1 aliphatic heterocycles. The summed E-state index contributed by atoms with van der Waals surface area (Å²) in [7, 11) is 0. The van der Waals surface area contributed by atoms with Crippen LogP contribution < -0.4 is 11.1 Å². The lowest BCUT2D eigenvalue weighted by atomic mass is 10.1. The number of hydrogen-bond donors (Lipinski definition) is 2. The molecule has 0 bridgehead atoms. The van der Waals surface area contributed by atoms with E-state index >= 15 is 0 Å². The molecule has 1 aromatic carbocycles. The molecule has 1 heterocycles. The summed E-state index contributed by atoms with van der Waals surface area (Å²) in [6.45, 7) is 2.58. The summed E-state index contributed by atoms with van der Waals surface area (Å²) in [6, 6.07) is 4.83. The second kappa shape index (κ2) is 5.66. The van der Waals surface area contributed by atoms with Crippen molar-refractivity contribution in [2.45, 2.75) is 13.0 Å². The topological polar surface area (TPSA) is 102 Å². The van der Waals surface area contributed by atoms with Gasteiger partial charge in [0.05, 0.1) is 4.92 Å². The zero-order valence-electron chi connectivity index (χ0n) is 10.5. The van der Waals surface area contributed by atoms with Gasteiger partial charge in [-0.25, -0.2) is 0 Å². The lowest BCUT2D eigenvalue weighted by molar-refractivity contribution is -0.384. The molecule has 3 N–H and O–H groups in total. The van der Waals surface area contributed by atoms with Gasteiger partial charge in [0.1, 0.15) is 5.69 Å². The second-order valence-electron chi connectivity index (χ2n) is 4.53. The summed E-state index contributed by atoms with van der Waals surface area (Å²) in [6.07, 6.45) is 0.455. The van der Waals surface area contributed by atoms with Crippen molar-refractivity contribution >= 4 is 17.3 Å². The van der Waals surface area contributed by atoms with Gasteiger partial charge in [-0.3, -0.25) is 19.8 Å². The van der Waals surface area contributed by atoms with Crippen molar-refractivity contribution in [1.29, 1.82) is 0 Å². The number of nitrogens with two attached hydrogens (primary N) is 1. The molecule has 7 heteroatoms. The molecule has 102 valence electrons. The SMILES string of the molecule is Nc1ccc(CN2CCNC(=O)CC2)cc1[N+](=O)[O-]. The third-order valence-electron chi connectivity index (χ3n) is 3.10. The van der Waals surface area contributed by atoms with Crippen LogP contribution in [0.5, 0.6) is 0 Å². The number of nitro groups is 1. The molecule has 1 amide bonds. The van der Waals surface area contributed by atoms with Gasteiger partial charge < -0.3 is 11.1 Å². The first-order chi connectivity index (χ1) is 9.06. The molecule has 1 aliphatic rings. The van der Waals surface area contributed by atoms with Crippen LogP contribution in [0.1, 0.15) is 12.0 Å². The number of carbonyl (C=O) groups excluding carboxylic acids is 1. The molecule has 7 nitrogen and oxygen atoms in total. The molecule has 1 saturated heterocycles. The summed E-state index contributed by atoms with van der Waals surface area (Å²) < 4.78 is 0. The number of hydrogen-bond acceptors (Lipinski definition) is 5. The average molecular weight is 264 g/mol. The Morgan fingerprint density at radius 2 is 2.21 bits per heavy atom. The van der Waals surface area contributed by atoms with Crippen molar-refractivity contribution in [3.8, 4) is 0 Å². The summed E-state index contributed by atoms with van der Waals surface area (Å²) >= 11 is 0. The minimum absolute atomic E-state index is 0.0470. The molecule has 0 aromatic heterocycles. The van der Waals surface area contributed by atoms with Crippen molar-refractivity contribution in [3.05, 3.63) is 33.9 Å². The number of nitrogen functional groups attached to an aromatic ring is 1. The summed E-state index contributed by atoms with van der Waals surface area (Å²) in [5, 5.41) is 13.6. The first-order valence-corrected chi connectivity index (χ1v) is 6.08. The highest BCUT2D eigenvalue weighted by Gasteiger charge is 2.16. The number of nitrogens with zero attached hydrogens (tertiary/aromatic N) is 2. The third kappa shape index (κ3) is 3.41. The van der Waals surface area contributed by atoms with Gasteiger partial charge in [0.25, 0.3) is 5.69 Å². The maximum atomic E-state index is 11.2. The van der Waals surface area contributed by atoms with Crippen LogP contribution in [0, 0.1) is 10.1 Å². The lowest BCUT2D eigenvalue weighted by Crippen LogP contribution is -2.28. The Labute approximate surface area is 110 Å². The van der Waals surface area contributed by atoms with Gasteiger partial charge in [0.15, 0.2) is 0 Å². The quantitative estimate of drug-likeness (QED) is 0.470. The van der Waals surface area contributed by atoms with E-state index in [4.69, 9.17) is 5.73 Å². The largest absolute Gasteiger partial charge is 0.393 e. The Morgan fingerprint density at radius 1 is 1.42 bits per heavy atom. The van der Waals surface area contributed by atoms with Crippen molar-refractivity contribution in [3.63, 3.8) is 0 Å². The molecule has 0 saturated carbocycles. The highest BCUT2D eigenvalue weighted by molar-refractivity contribution is 5.76. The van der Waals surface area contributed by atoms with Gasteiger partial charge in [-0.05, 0) is 11.6 Å². The molecule has 0 atom stereocenters. The van der Waals surface area contributed by atoms with E-state index < -0.39 is 4.92 Å². The molecular formula is C12H16N4O3. The Hall–Kier alpha value is -2.15. The Bertz CT molecular complexity index is 504. The van der Waals surface area contributed by atoms with Gasteiger partial charge in [0.2, 0.25) is 5.91 Å². The highest BCUT2D eigenvalue weighted by Crippen LogP contribution is 2.23. The van der Waals surface area contributed by atoms with Crippen LogP contribution in [0.25, 0.3) is 0 Å². The number of rotatable bonds is 3. The van der Waals surface area contributed by atoms with Crippen LogP contribution in [-0.4, -0.2) is 35.4 Å². The molecule has 1 aromatic rings. The maximum Gasteiger partial charge on any atom is 0.292 e. The van der Waals surface area contributed by atoms with Crippen LogP contribution >= 0.6 is 0 Å². The molecule has 0 aliphatic carbocycles.